The van der Waals surface area contributed by atoms with Gasteiger partial charge in [0.25, 0.3) is 5.91 Å². The fraction of sp³-hybridized carbons (Fsp3) is 0.478. The highest BCUT2D eigenvalue weighted by Crippen LogP contribution is 2.37. The van der Waals surface area contributed by atoms with Gasteiger partial charge in [-0.3, -0.25) is 9.69 Å². The lowest BCUT2D eigenvalue weighted by atomic mass is 9.94. The predicted octanol–water partition coefficient (Wildman–Crippen LogP) is 3.54. The first kappa shape index (κ1) is 22.4. The number of likely N-dealkylation sites (tertiary alicyclic amines) is 1. The molecule has 1 aromatic carbocycles. The number of nitrogens with zero attached hydrogens (tertiary/aromatic N) is 3. The van der Waals surface area contributed by atoms with Gasteiger partial charge in [0, 0.05) is 19.6 Å². The molecular formula is C23H27F3N4O2. The van der Waals surface area contributed by atoms with Crippen LogP contribution in [0.3, 0.4) is 0 Å². The number of amides is 3. The third-order valence-corrected chi connectivity index (χ3v) is 6.31. The predicted molar refractivity (Wildman–Crippen MR) is 114 cm³/mol. The van der Waals surface area contributed by atoms with Crippen LogP contribution in [0.1, 0.15) is 36.4 Å². The molecule has 0 bridgehead atoms. The average Bonchev–Trinajstić information content (AvgIpc) is 3.10. The number of hydrogen-bond donors (Lipinski definition) is 1. The molecule has 0 saturated carbocycles. The van der Waals surface area contributed by atoms with Crippen molar-refractivity contribution in [2.24, 2.45) is 0 Å². The average molecular weight is 448 g/mol. The molecule has 1 atom stereocenters. The first-order chi connectivity index (χ1) is 15.3. The van der Waals surface area contributed by atoms with Crippen LogP contribution in [-0.4, -0.2) is 65.9 Å². The molecule has 0 spiro atoms. The van der Waals surface area contributed by atoms with Crippen molar-refractivity contribution in [2.75, 3.05) is 39.3 Å². The summed E-state index contributed by atoms with van der Waals surface area (Å²) in [5.41, 5.74) is 0.696. The molecule has 3 aliphatic heterocycles. The van der Waals surface area contributed by atoms with Crippen molar-refractivity contribution in [3.63, 3.8) is 0 Å². The summed E-state index contributed by atoms with van der Waals surface area (Å²) in [5.74, 6) is -0.184. The van der Waals surface area contributed by atoms with Crippen LogP contribution < -0.4 is 5.32 Å². The second kappa shape index (κ2) is 8.97. The minimum Gasteiger partial charge on any atom is -0.332 e. The van der Waals surface area contributed by atoms with Crippen molar-refractivity contribution in [1.82, 2.24) is 20.0 Å². The van der Waals surface area contributed by atoms with Crippen LogP contribution in [0.2, 0.25) is 0 Å². The van der Waals surface area contributed by atoms with Crippen LogP contribution in [0.15, 0.2) is 48.2 Å². The molecule has 6 nitrogen and oxygen atoms in total. The molecule has 1 N–H and O–H groups in total. The Labute approximate surface area is 185 Å². The van der Waals surface area contributed by atoms with Gasteiger partial charge in [-0.2, -0.15) is 13.2 Å². The molecule has 0 unspecified atom stereocenters. The molecule has 3 heterocycles. The number of hydrogen-bond acceptors (Lipinski definition) is 3. The fourth-order valence-electron chi connectivity index (χ4n) is 4.61. The number of piperidine rings is 1. The van der Waals surface area contributed by atoms with Crippen molar-refractivity contribution in [1.29, 1.82) is 0 Å². The zero-order valence-electron chi connectivity index (χ0n) is 17.8. The summed E-state index contributed by atoms with van der Waals surface area (Å²) >= 11 is 0. The molecule has 0 aliphatic carbocycles. The molecule has 172 valence electrons. The fourth-order valence-corrected chi connectivity index (χ4v) is 4.61. The van der Waals surface area contributed by atoms with Crippen LogP contribution in [0.4, 0.5) is 18.0 Å². The van der Waals surface area contributed by atoms with Gasteiger partial charge in [-0.05, 0) is 43.6 Å². The molecule has 4 rings (SSSR count). The highest BCUT2D eigenvalue weighted by atomic mass is 19.4. The van der Waals surface area contributed by atoms with E-state index < -0.39 is 17.8 Å². The zero-order chi connectivity index (χ0) is 22.9. The highest BCUT2D eigenvalue weighted by Gasteiger charge is 2.43. The molecule has 1 fully saturated rings. The Morgan fingerprint density at radius 3 is 2.38 bits per heavy atom. The molecule has 3 aliphatic rings. The molecular weight excluding hydrogens is 421 g/mol. The van der Waals surface area contributed by atoms with Crippen LogP contribution in [-0.2, 0) is 11.0 Å². The van der Waals surface area contributed by atoms with Gasteiger partial charge in [-0.15, -0.1) is 6.58 Å². The van der Waals surface area contributed by atoms with E-state index in [0.29, 0.717) is 29.9 Å². The Morgan fingerprint density at radius 2 is 1.75 bits per heavy atom. The van der Waals surface area contributed by atoms with Gasteiger partial charge in [0.05, 0.1) is 29.4 Å². The summed E-state index contributed by atoms with van der Waals surface area (Å²) in [6.07, 6.45) is 0.681. The first-order valence-electron chi connectivity index (χ1n) is 10.9. The van der Waals surface area contributed by atoms with Gasteiger partial charge >= 0.3 is 12.2 Å². The standard InChI is InChI=1S/C23H27F3N4O2/c1-2-10-30-18-15-29(14-13-28-11-4-3-5-12-28)21(31)19(18)20(27-22(30)32)16-6-8-17(9-7-16)23(24,25)26/h2,6-9,20H,1,3-5,10-15H2,(H,27,32)/t20-/m0/s1. The lowest BCUT2D eigenvalue weighted by Gasteiger charge is -2.33. The summed E-state index contributed by atoms with van der Waals surface area (Å²) in [7, 11) is 0. The minimum absolute atomic E-state index is 0.184. The van der Waals surface area contributed by atoms with E-state index in [9.17, 15) is 22.8 Å². The number of urea groups is 1. The SMILES string of the molecule is C=CCN1C(=O)N[C@@H](c2ccc(C(F)(F)F)cc2)C2=C1CN(CCN1CCCCC1)C2=O. The number of benzene rings is 1. The maximum atomic E-state index is 13.3. The minimum atomic E-state index is -4.45. The second-order valence-electron chi connectivity index (χ2n) is 8.39. The van der Waals surface area contributed by atoms with Gasteiger partial charge in [0.1, 0.15) is 0 Å². The molecule has 0 radical (unpaired) electrons. The molecule has 32 heavy (non-hydrogen) atoms. The summed E-state index contributed by atoms with van der Waals surface area (Å²) in [5, 5.41) is 2.80. The Morgan fingerprint density at radius 1 is 1.06 bits per heavy atom. The lowest BCUT2D eigenvalue weighted by molar-refractivity contribution is -0.137. The maximum Gasteiger partial charge on any atom is 0.416 e. The van der Waals surface area contributed by atoms with Crippen molar-refractivity contribution >= 4 is 11.9 Å². The smallest absolute Gasteiger partial charge is 0.332 e. The topological polar surface area (TPSA) is 55.9 Å². The van der Waals surface area contributed by atoms with E-state index in [4.69, 9.17) is 0 Å². The number of carbonyl (C=O) groups excluding carboxylic acids is 2. The van der Waals surface area contributed by atoms with Gasteiger partial charge in [0.15, 0.2) is 0 Å². The molecule has 0 aromatic heterocycles. The van der Waals surface area contributed by atoms with E-state index in [-0.39, 0.29) is 18.5 Å². The number of halogens is 3. The largest absolute Gasteiger partial charge is 0.416 e. The van der Waals surface area contributed by atoms with Crippen molar-refractivity contribution < 1.29 is 22.8 Å². The van der Waals surface area contributed by atoms with Crippen molar-refractivity contribution in [3.05, 3.63) is 59.3 Å². The quantitative estimate of drug-likeness (QED) is 0.678. The van der Waals surface area contributed by atoms with Crippen molar-refractivity contribution in [3.8, 4) is 0 Å². The Bertz CT molecular complexity index is 920. The first-order valence-corrected chi connectivity index (χ1v) is 10.9. The third kappa shape index (κ3) is 4.39. The number of carbonyl (C=O) groups is 2. The Hall–Kier alpha value is -2.81. The molecule has 1 saturated heterocycles. The summed E-state index contributed by atoms with van der Waals surface area (Å²) in [6, 6.07) is 3.43. The van der Waals surface area contributed by atoms with Gasteiger partial charge in [0.2, 0.25) is 0 Å². The number of alkyl halides is 3. The van der Waals surface area contributed by atoms with E-state index in [1.165, 1.54) is 23.5 Å². The molecule has 1 aromatic rings. The van der Waals surface area contributed by atoms with Crippen LogP contribution in [0.25, 0.3) is 0 Å². The zero-order valence-corrected chi connectivity index (χ0v) is 17.8. The second-order valence-corrected chi connectivity index (χ2v) is 8.39. The number of nitrogens with one attached hydrogen (secondary N) is 1. The summed E-state index contributed by atoms with van der Waals surface area (Å²) in [4.78, 5) is 31.7. The highest BCUT2D eigenvalue weighted by molar-refractivity contribution is 6.01. The van der Waals surface area contributed by atoms with Gasteiger partial charge in [-0.25, -0.2) is 4.79 Å². The number of rotatable bonds is 6. The summed E-state index contributed by atoms with van der Waals surface area (Å²) in [6.45, 7) is 7.59. The van der Waals surface area contributed by atoms with E-state index in [1.807, 2.05) is 0 Å². The van der Waals surface area contributed by atoms with E-state index in [2.05, 4.69) is 16.8 Å². The third-order valence-electron chi connectivity index (χ3n) is 6.31. The van der Waals surface area contributed by atoms with E-state index in [0.717, 1.165) is 44.6 Å². The monoisotopic (exact) mass is 448 g/mol. The van der Waals surface area contributed by atoms with Crippen molar-refractivity contribution in [2.45, 2.75) is 31.5 Å². The van der Waals surface area contributed by atoms with Crippen LogP contribution in [0.5, 0.6) is 0 Å². The Kier molecular flexibility index (Phi) is 6.28. The molecule has 3 amide bonds. The van der Waals surface area contributed by atoms with E-state index >= 15 is 0 Å². The van der Waals surface area contributed by atoms with Crippen LogP contribution >= 0.6 is 0 Å². The van der Waals surface area contributed by atoms with Crippen LogP contribution in [0, 0.1) is 0 Å². The van der Waals surface area contributed by atoms with Gasteiger partial charge in [-0.1, -0.05) is 24.6 Å². The maximum absolute atomic E-state index is 13.3. The van der Waals surface area contributed by atoms with E-state index in [1.54, 1.807) is 11.0 Å². The van der Waals surface area contributed by atoms with Gasteiger partial charge < -0.3 is 15.1 Å². The lowest BCUT2D eigenvalue weighted by Crippen LogP contribution is -2.47. The summed E-state index contributed by atoms with van der Waals surface area (Å²) < 4.78 is 38.9. The molecule has 9 heteroatoms. The normalized spacial score (nSPS) is 22.3. The Balaban J connectivity index is 1.59.